The van der Waals surface area contributed by atoms with Gasteiger partial charge in [0.05, 0.1) is 0 Å². The van der Waals surface area contributed by atoms with Crippen LogP contribution >= 0.6 is 0 Å². The third-order valence-corrected chi connectivity index (χ3v) is 5.76. The molecule has 0 spiro atoms. The first-order chi connectivity index (χ1) is 14.5. The number of nitrogens with zero attached hydrogens (tertiary/aromatic N) is 1. The molecule has 1 aliphatic carbocycles. The van der Waals surface area contributed by atoms with E-state index in [4.69, 9.17) is 4.74 Å². The summed E-state index contributed by atoms with van der Waals surface area (Å²) < 4.78 is 5.59. The number of amides is 1. The Hall–Kier alpha value is -3.08. The van der Waals surface area contributed by atoms with E-state index >= 15 is 0 Å². The Kier molecular flexibility index (Phi) is 7.28. The maximum absolute atomic E-state index is 12.6. The van der Waals surface area contributed by atoms with Gasteiger partial charge in [-0.25, -0.2) is 9.59 Å². The van der Waals surface area contributed by atoms with Gasteiger partial charge in [-0.15, -0.1) is 6.58 Å². The second-order valence-electron chi connectivity index (χ2n) is 7.70. The van der Waals surface area contributed by atoms with Crippen LogP contribution in [0.2, 0.25) is 0 Å². The Morgan fingerprint density at radius 2 is 1.67 bits per heavy atom. The van der Waals surface area contributed by atoms with Crippen LogP contribution in [0.3, 0.4) is 0 Å². The van der Waals surface area contributed by atoms with Crippen molar-refractivity contribution in [3.63, 3.8) is 0 Å². The van der Waals surface area contributed by atoms with Gasteiger partial charge in [-0.2, -0.15) is 0 Å². The predicted octanol–water partition coefficient (Wildman–Crippen LogP) is 5.46. The standard InChI is InChI=1S/C25H29NO4/c1-3-4-5-6-7-16-23(24(27)28)26(2)25(29)30-17-22-20-14-10-8-12-18(20)19-13-9-11-15-21(19)22/h3,8-15,22-23H,1,4-7,16-17H2,2H3,(H,27,28)/t23-/m0/s1. The minimum atomic E-state index is -1.00. The van der Waals surface area contributed by atoms with Gasteiger partial charge in [0.15, 0.2) is 0 Å². The lowest BCUT2D eigenvalue weighted by molar-refractivity contribution is -0.142. The molecule has 0 unspecified atom stereocenters. The summed E-state index contributed by atoms with van der Waals surface area (Å²) in [6.07, 6.45) is 5.21. The molecule has 1 N–H and O–H groups in total. The third-order valence-electron chi connectivity index (χ3n) is 5.76. The van der Waals surface area contributed by atoms with Gasteiger partial charge in [0.2, 0.25) is 0 Å². The van der Waals surface area contributed by atoms with Crippen LogP contribution in [0.4, 0.5) is 4.79 Å². The Labute approximate surface area is 178 Å². The van der Waals surface area contributed by atoms with E-state index in [1.807, 2.05) is 30.3 Å². The highest BCUT2D eigenvalue weighted by molar-refractivity contribution is 5.81. The van der Waals surface area contributed by atoms with Crippen molar-refractivity contribution in [1.82, 2.24) is 4.90 Å². The highest BCUT2D eigenvalue weighted by atomic mass is 16.6. The molecule has 0 aliphatic heterocycles. The second-order valence-corrected chi connectivity index (χ2v) is 7.70. The summed E-state index contributed by atoms with van der Waals surface area (Å²) in [4.78, 5) is 25.5. The van der Waals surface area contributed by atoms with E-state index < -0.39 is 18.1 Å². The molecule has 0 bridgehead atoms. The fourth-order valence-corrected chi connectivity index (χ4v) is 4.11. The van der Waals surface area contributed by atoms with E-state index in [1.54, 1.807) is 0 Å². The topological polar surface area (TPSA) is 66.8 Å². The quantitative estimate of drug-likeness (QED) is 0.420. The highest BCUT2D eigenvalue weighted by Crippen LogP contribution is 2.44. The SMILES string of the molecule is C=CCCCCC[C@@H](C(=O)O)N(C)C(=O)OCC1c2ccccc2-c2ccccc21. The number of carbonyl (C=O) groups excluding carboxylic acids is 1. The number of benzene rings is 2. The average molecular weight is 408 g/mol. The molecule has 1 aliphatic rings. The van der Waals surface area contributed by atoms with Gasteiger partial charge in [0.25, 0.3) is 0 Å². The largest absolute Gasteiger partial charge is 0.480 e. The monoisotopic (exact) mass is 407 g/mol. The maximum atomic E-state index is 12.6. The molecule has 0 saturated carbocycles. The third kappa shape index (κ3) is 4.73. The molecule has 158 valence electrons. The second kappa shape index (κ2) is 10.1. The summed E-state index contributed by atoms with van der Waals surface area (Å²) >= 11 is 0. The van der Waals surface area contributed by atoms with E-state index in [9.17, 15) is 14.7 Å². The van der Waals surface area contributed by atoms with Gasteiger partial charge in [0, 0.05) is 13.0 Å². The highest BCUT2D eigenvalue weighted by Gasteiger charge is 2.31. The fraction of sp³-hybridized carbons (Fsp3) is 0.360. The van der Waals surface area contributed by atoms with Crippen molar-refractivity contribution in [1.29, 1.82) is 0 Å². The molecule has 3 rings (SSSR count). The number of carboxylic acid groups (broad SMARTS) is 1. The summed E-state index contributed by atoms with van der Waals surface area (Å²) in [7, 11) is 1.50. The Balaban J connectivity index is 1.63. The van der Waals surface area contributed by atoms with Crippen molar-refractivity contribution < 1.29 is 19.4 Å². The summed E-state index contributed by atoms with van der Waals surface area (Å²) in [5, 5.41) is 9.57. The number of likely N-dealkylation sites (N-methyl/N-ethyl adjacent to an activating group) is 1. The molecule has 30 heavy (non-hydrogen) atoms. The summed E-state index contributed by atoms with van der Waals surface area (Å²) in [6.45, 7) is 3.87. The van der Waals surface area contributed by atoms with Gasteiger partial charge in [-0.1, -0.05) is 67.4 Å². The van der Waals surface area contributed by atoms with E-state index in [-0.39, 0.29) is 12.5 Å². The zero-order valence-corrected chi connectivity index (χ0v) is 17.4. The molecule has 0 heterocycles. The minimum Gasteiger partial charge on any atom is -0.480 e. The molecule has 0 fully saturated rings. The summed E-state index contributed by atoms with van der Waals surface area (Å²) in [5.41, 5.74) is 4.58. The minimum absolute atomic E-state index is 0.0445. The van der Waals surface area contributed by atoms with Gasteiger partial charge >= 0.3 is 12.1 Å². The van der Waals surface area contributed by atoms with Gasteiger partial charge in [-0.3, -0.25) is 4.90 Å². The first-order valence-corrected chi connectivity index (χ1v) is 10.5. The van der Waals surface area contributed by atoms with Crippen LogP contribution in [0.25, 0.3) is 11.1 Å². The van der Waals surface area contributed by atoms with E-state index in [2.05, 4.69) is 30.8 Å². The molecular weight excluding hydrogens is 378 g/mol. The molecule has 5 heteroatoms. The van der Waals surface area contributed by atoms with Crippen molar-refractivity contribution >= 4 is 12.1 Å². The van der Waals surface area contributed by atoms with Gasteiger partial charge in [0.1, 0.15) is 12.6 Å². The van der Waals surface area contributed by atoms with E-state index in [1.165, 1.54) is 11.9 Å². The molecule has 0 saturated heterocycles. The fourth-order valence-electron chi connectivity index (χ4n) is 4.11. The predicted molar refractivity (Wildman–Crippen MR) is 118 cm³/mol. The number of ether oxygens (including phenoxy) is 1. The smallest absolute Gasteiger partial charge is 0.410 e. The lowest BCUT2D eigenvalue weighted by Gasteiger charge is -2.25. The number of hydrogen-bond acceptors (Lipinski definition) is 3. The van der Waals surface area contributed by atoms with E-state index in [0.717, 1.165) is 47.9 Å². The van der Waals surface area contributed by atoms with Crippen LogP contribution in [-0.4, -0.2) is 41.8 Å². The first-order valence-electron chi connectivity index (χ1n) is 10.5. The summed E-state index contributed by atoms with van der Waals surface area (Å²) in [6, 6.07) is 15.4. The number of hydrogen-bond donors (Lipinski definition) is 1. The Morgan fingerprint density at radius 3 is 2.23 bits per heavy atom. The molecule has 0 radical (unpaired) electrons. The normalized spacial score (nSPS) is 13.2. The van der Waals surface area contributed by atoms with Crippen molar-refractivity contribution in [2.45, 2.75) is 44.1 Å². The average Bonchev–Trinajstić information content (AvgIpc) is 3.07. The lowest BCUT2D eigenvalue weighted by Crippen LogP contribution is -2.43. The molecular formula is C25H29NO4. The number of rotatable bonds is 10. The van der Waals surface area contributed by atoms with Crippen LogP contribution in [0.15, 0.2) is 61.2 Å². The number of fused-ring (bicyclic) bond motifs is 3. The van der Waals surface area contributed by atoms with Crippen LogP contribution in [0.5, 0.6) is 0 Å². The molecule has 1 amide bonds. The summed E-state index contributed by atoms with van der Waals surface area (Å²) in [5.74, 6) is -1.05. The lowest BCUT2D eigenvalue weighted by atomic mass is 9.98. The Bertz CT molecular complexity index is 862. The first kappa shape index (κ1) is 21.6. The van der Waals surface area contributed by atoms with Crippen molar-refractivity contribution in [2.24, 2.45) is 0 Å². The van der Waals surface area contributed by atoms with Crippen LogP contribution in [0.1, 0.15) is 49.1 Å². The van der Waals surface area contributed by atoms with Crippen LogP contribution in [0, 0.1) is 0 Å². The zero-order valence-electron chi connectivity index (χ0n) is 17.4. The van der Waals surface area contributed by atoms with Crippen LogP contribution < -0.4 is 0 Å². The molecule has 5 nitrogen and oxygen atoms in total. The molecule has 1 atom stereocenters. The van der Waals surface area contributed by atoms with Crippen LogP contribution in [-0.2, 0) is 9.53 Å². The van der Waals surface area contributed by atoms with Gasteiger partial charge < -0.3 is 9.84 Å². The number of allylic oxidation sites excluding steroid dienone is 1. The molecule has 0 aromatic heterocycles. The maximum Gasteiger partial charge on any atom is 0.410 e. The zero-order chi connectivity index (χ0) is 21.5. The Morgan fingerprint density at radius 1 is 1.07 bits per heavy atom. The molecule has 2 aromatic carbocycles. The number of unbranched alkanes of at least 4 members (excludes halogenated alkanes) is 3. The van der Waals surface area contributed by atoms with E-state index in [0.29, 0.717) is 6.42 Å². The van der Waals surface area contributed by atoms with Gasteiger partial charge in [-0.05, 0) is 41.5 Å². The number of aliphatic carboxylic acids is 1. The number of carboxylic acids is 1. The van der Waals surface area contributed by atoms with Crippen molar-refractivity contribution in [3.8, 4) is 11.1 Å². The van der Waals surface area contributed by atoms with Crippen molar-refractivity contribution in [3.05, 3.63) is 72.3 Å². The van der Waals surface area contributed by atoms with Crippen molar-refractivity contribution in [2.75, 3.05) is 13.7 Å². The molecule has 2 aromatic rings. The number of carbonyl (C=O) groups is 2.